The predicted molar refractivity (Wildman–Crippen MR) is 171 cm³/mol. The second-order valence-electron chi connectivity index (χ2n) is 12.6. The molecule has 41 heavy (non-hydrogen) atoms. The molecule has 1 saturated carbocycles. The van der Waals surface area contributed by atoms with E-state index in [-0.39, 0.29) is 17.6 Å². The summed E-state index contributed by atoms with van der Waals surface area (Å²) in [4.78, 5) is 12.0. The van der Waals surface area contributed by atoms with Gasteiger partial charge in [-0.05, 0) is 79.5 Å². The molecule has 2 aliphatic heterocycles. The molecule has 224 valence electrons. The van der Waals surface area contributed by atoms with Crippen molar-refractivity contribution >= 4 is 33.0 Å². The van der Waals surface area contributed by atoms with Gasteiger partial charge < -0.3 is 20.7 Å². The lowest BCUT2D eigenvalue weighted by Crippen LogP contribution is -2.41. The number of benzene rings is 1. The number of hydrogen-bond acceptors (Lipinski definition) is 7. The normalized spacial score (nSPS) is 31.2. The van der Waals surface area contributed by atoms with Crippen molar-refractivity contribution in [3.8, 4) is 0 Å². The molecule has 1 aromatic heterocycles. The maximum absolute atomic E-state index is 12.8. The van der Waals surface area contributed by atoms with Crippen LogP contribution in [0.25, 0.3) is 5.76 Å². The zero-order valence-electron chi connectivity index (χ0n) is 25.2. The average molecular weight is 581 g/mol. The third kappa shape index (κ3) is 6.57. The number of fused-ring (bicyclic) bond motifs is 1. The summed E-state index contributed by atoms with van der Waals surface area (Å²) in [7, 11) is -0.302. The van der Waals surface area contributed by atoms with Gasteiger partial charge in [-0.3, -0.25) is 4.21 Å². The highest BCUT2D eigenvalue weighted by Gasteiger charge is 2.51. The maximum Gasteiger partial charge on any atom is 0.153 e. The van der Waals surface area contributed by atoms with Gasteiger partial charge in [0.25, 0.3) is 0 Å². The van der Waals surface area contributed by atoms with Crippen LogP contribution in [0.4, 0.5) is 11.6 Å². The van der Waals surface area contributed by atoms with Crippen molar-refractivity contribution in [2.75, 3.05) is 36.5 Å². The van der Waals surface area contributed by atoms with Gasteiger partial charge in [0.15, 0.2) is 5.82 Å². The Morgan fingerprint density at radius 1 is 1.24 bits per heavy atom. The molecule has 4 N–H and O–H groups in total. The van der Waals surface area contributed by atoms with Gasteiger partial charge in [0.2, 0.25) is 0 Å². The highest BCUT2D eigenvalue weighted by molar-refractivity contribution is 7.98. The largest absolute Gasteiger partial charge is 0.483 e. The average Bonchev–Trinajstić information content (AvgIpc) is 3.47. The van der Waals surface area contributed by atoms with E-state index < -0.39 is 9.71 Å². The van der Waals surface area contributed by atoms with Crippen LogP contribution in [0.2, 0.25) is 0 Å². The van der Waals surface area contributed by atoms with Gasteiger partial charge in [0.05, 0.1) is 6.20 Å². The van der Waals surface area contributed by atoms with E-state index in [2.05, 4.69) is 70.0 Å². The van der Waals surface area contributed by atoms with E-state index in [0.29, 0.717) is 29.1 Å². The summed E-state index contributed by atoms with van der Waals surface area (Å²) in [6.45, 7) is 9.12. The molecule has 1 aromatic carbocycles. The zero-order chi connectivity index (χ0) is 29.2. The molecule has 0 bridgehead atoms. The van der Waals surface area contributed by atoms with Gasteiger partial charge in [-0.1, -0.05) is 51.5 Å². The van der Waals surface area contributed by atoms with Crippen molar-refractivity contribution < 1.29 is 8.95 Å². The molecule has 2 aromatic rings. The van der Waals surface area contributed by atoms with Crippen LogP contribution in [0.15, 0.2) is 36.5 Å². The lowest BCUT2D eigenvalue weighted by Gasteiger charge is -2.27. The highest BCUT2D eigenvalue weighted by atomic mass is 32.2. The van der Waals surface area contributed by atoms with E-state index in [0.717, 1.165) is 69.7 Å². The molecule has 0 spiro atoms. The Bertz CT molecular complexity index is 1340. The van der Waals surface area contributed by atoms with Crippen molar-refractivity contribution in [3.63, 3.8) is 0 Å². The summed E-state index contributed by atoms with van der Waals surface area (Å²) in [5, 5.41) is 3.22. The lowest BCUT2D eigenvalue weighted by molar-refractivity contribution is 0.108. The van der Waals surface area contributed by atoms with Gasteiger partial charge in [-0.2, -0.15) is 0 Å². The Labute approximate surface area is 246 Å². The number of nitrogens with two attached hydrogens (primary N) is 1. The predicted octanol–water partition coefficient (Wildman–Crippen LogP) is 4.93. The summed E-state index contributed by atoms with van der Waals surface area (Å²) >= 11 is 0. The summed E-state index contributed by atoms with van der Waals surface area (Å²) in [6, 6.07) is 8.91. The first-order valence-electron chi connectivity index (χ1n) is 15.2. The molecule has 8 nitrogen and oxygen atoms in total. The van der Waals surface area contributed by atoms with E-state index in [4.69, 9.17) is 15.5 Å². The van der Waals surface area contributed by atoms with E-state index in [1.165, 1.54) is 11.1 Å². The first-order valence-corrected chi connectivity index (χ1v) is 17.1. The Kier molecular flexibility index (Phi) is 8.97. The molecule has 4 unspecified atom stereocenters. The van der Waals surface area contributed by atoms with E-state index in [9.17, 15) is 4.21 Å². The molecule has 1 aliphatic carbocycles. The topological polar surface area (TPSA) is 105 Å². The minimum atomic E-state index is -2.27. The molecule has 3 heterocycles. The number of anilines is 2. The van der Waals surface area contributed by atoms with Crippen molar-refractivity contribution in [3.05, 3.63) is 53.4 Å². The van der Waals surface area contributed by atoms with E-state index in [1.807, 2.05) is 14.0 Å². The highest BCUT2D eigenvalue weighted by Crippen LogP contribution is 2.49. The zero-order valence-corrected chi connectivity index (χ0v) is 26.0. The number of nitrogen functional groups attached to an aromatic ring is 1. The summed E-state index contributed by atoms with van der Waals surface area (Å²) in [5.41, 5.74) is 9.64. The maximum atomic E-state index is 12.8. The molecule has 0 radical (unpaired) electrons. The van der Waals surface area contributed by atoms with Gasteiger partial charge >= 0.3 is 0 Å². The molecule has 6 atom stereocenters. The fraction of sp³-hybridized carbons (Fsp3) is 0.594. The van der Waals surface area contributed by atoms with Crippen LogP contribution < -0.4 is 20.7 Å². The Morgan fingerprint density at radius 2 is 2.02 bits per heavy atom. The number of nitrogens with one attached hydrogen (secondary N) is 2. The van der Waals surface area contributed by atoms with Gasteiger partial charge in [0, 0.05) is 41.1 Å². The van der Waals surface area contributed by atoms with Crippen LogP contribution in [0.5, 0.6) is 0 Å². The lowest BCUT2D eigenvalue weighted by atomic mass is 9.82. The first-order chi connectivity index (χ1) is 19.6. The van der Waals surface area contributed by atoms with Crippen molar-refractivity contribution in [2.45, 2.75) is 78.0 Å². The van der Waals surface area contributed by atoms with Crippen LogP contribution in [0.1, 0.15) is 82.2 Å². The number of hydrogen-bond donors (Lipinski definition) is 3. The van der Waals surface area contributed by atoms with Crippen LogP contribution in [0.3, 0.4) is 0 Å². The summed E-state index contributed by atoms with van der Waals surface area (Å²) in [5.74, 6) is 7.14. The molecular formula is C32H48N6O2S. The van der Waals surface area contributed by atoms with Crippen LogP contribution in [0, 0.1) is 17.3 Å². The fourth-order valence-corrected chi connectivity index (χ4v) is 7.91. The third-order valence-electron chi connectivity index (χ3n) is 9.46. The molecule has 1 saturated heterocycles. The molecule has 5 rings (SSSR count). The molecular weight excluding hydrogens is 532 g/mol. The Morgan fingerprint density at radius 3 is 2.76 bits per heavy atom. The second-order valence-corrected chi connectivity index (χ2v) is 15.0. The third-order valence-corrected chi connectivity index (χ3v) is 11.1. The second kappa shape index (κ2) is 12.3. The Hall–Kier alpha value is -2.62. The van der Waals surface area contributed by atoms with Gasteiger partial charge in [0.1, 0.15) is 23.4 Å². The van der Waals surface area contributed by atoms with Crippen molar-refractivity contribution in [1.82, 2.24) is 20.0 Å². The van der Waals surface area contributed by atoms with E-state index in [1.54, 1.807) is 6.20 Å². The minimum Gasteiger partial charge on any atom is -0.483 e. The van der Waals surface area contributed by atoms with Crippen molar-refractivity contribution in [1.29, 1.82) is 0 Å². The molecule has 2 fully saturated rings. The SMILES string of the molecule is C=S(=O)(CC)NC1CC[C@@]2(C)CN(c3cnc(N)c(/C4=C/CCCCC(C)C(c5ccc(CNC)cc5)O4)n3)C[C@@H]12. The number of rotatable bonds is 8. The van der Waals surface area contributed by atoms with Gasteiger partial charge in [-0.25, -0.2) is 14.7 Å². The monoisotopic (exact) mass is 580 g/mol. The van der Waals surface area contributed by atoms with Crippen LogP contribution >= 0.6 is 0 Å². The Balaban J connectivity index is 1.40. The van der Waals surface area contributed by atoms with Crippen molar-refractivity contribution in [2.24, 2.45) is 17.3 Å². The summed E-state index contributed by atoms with van der Waals surface area (Å²) in [6.07, 6.45) is 10.2. The van der Waals surface area contributed by atoms with Crippen LogP contribution in [-0.2, 0) is 21.0 Å². The number of aromatic nitrogens is 2. The minimum absolute atomic E-state index is 0.0965. The quantitative estimate of drug-likeness (QED) is 0.380. The van der Waals surface area contributed by atoms with Crippen LogP contribution in [-0.4, -0.2) is 52.0 Å². The smallest absolute Gasteiger partial charge is 0.153 e. The first kappa shape index (κ1) is 29.9. The number of ether oxygens (including phenoxy) is 1. The van der Waals surface area contributed by atoms with Gasteiger partial charge in [-0.15, -0.1) is 0 Å². The molecule has 3 aliphatic rings. The number of nitrogens with zero attached hydrogens (tertiary/aromatic N) is 3. The summed E-state index contributed by atoms with van der Waals surface area (Å²) < 4.78 is 23.0. The fourth-order valence-electron chi connectivity index (χ4n) is 6.91. The standard InChI is InChI=1S/C32H48N6O2S/c1-6-41(5,39)37-26-16-17-32(3)21-38(20-25(26)32)28-19-35-31(33)29(36-28)27-11-9-7-8-10-22(2)30(40-27)24-14-12-23(13-15-24)18-34-4/h11-15,19,22,25-26,30,34H,5-10,16-18,20-21H2,1-4H3,(H2,33,35)(H,37,39)/b27-11-/t22?,25-,26?,30?,32-,41?/m0/s1. The number of allylic oxidation sites excluding steroid dienone is 1. The molecule has 9 heteroatoms. The van der Waals surface area contributed by atoms with E-state index >= 15 is 0 Å². The molecule has 0 amide bonds.